The van der Waals surface area contributed by atoms with E-state index in [2.05, 4.69) is 14.5 Å². The van der Waals surface area contributed by atoms with Crippen LogP contribution in [0.2, 0.25) is 0 Å². The Labute approximate surface area is 146 Å². The number of imidazole rings is 1. The van der Waals surface area contributed by atoms with Crippen LogP contribution in [-0.4, -0.2) is 52.1 Å². The summed E-state index contributed by atoms with van der Waals surface area (Å²) in [6.45, 7) is 6.85. The van der Waals surface area contributed by atoms with Gasteiger partial charge in [-0.3, -0.25) is 4.79 Å². The van der Waals surface area contributed by atoms with E-state index >= 15 is 0 Å². The van der Waals surface area contributed by atoms with Crippen molar-refractivity contribution in [2.24, 2.45) is 0 Å². The minimum Gasteiger partial charge on any atom is -0.383 e. The molecule has 0 spiro atoms. The molecule has 130 valence electrons. The largest absolute Gasteiger partial charge is 0.383 e. The SMILES string of the molecule is COCCn1ccnc1[C@@H]1CCCN(C(=O)c2sc(C)nc2C)C1. The monoisotopic (exact) mass is 348 g/mol. The first kappa shape index (κ1) is 17.1. The lowest BCUT2D eigenvalue weighted by Crippen LogP contribution is -2.39. The Balaban J connectivity index is 1.74. The molecule has 0 bridgehead atoms. The van der Waals surface area contributed by atoms with Gasteiger partial charge in [-0.15, -0.1) is 11.3 Å². The van der Waals surface area contributed by atoms with Gasteiger partial charge in [0.2, 0.25) is 0 Å². The van der Waals surface area contributed by atoms with E-state index in [1.165, 1.54) is 11.3 Å². The van der Waals surface area contributed by atoms with Crippen LogP contribution in [-0.2, 0) is 11.3 Å². The number of nitrogens with zero attached hydrogens (tertiary/aromatic N) is 4. The highest BCUT2D eigenvalue weighted by atomic mass is 32.1. The van der Waals surface area contributed by atoms with Crippen molar-refractivity contribution in [3.63, 3.8) is 0 Å². The fraction of sp³-hybridized carbons (Fsp3) is 0.588. The zero-order valence-electron chi connectivity index (χ0n) is 14.5. The molecule has 1 fully saturated rings. The predicted molar refractivity (Wildman–Crippen MR) is 93.6 cm³/mol. The maximum atomic E-state index is 12.9. The molecule has 0 saturated carbocycles. The van der Waals surface area contributed by atoms with Gasteiger partial charge in [-0.1, -0.05) is 0 Å². The Kier molecular flexibility index (Phi) is 5.30. The van der Waals surface area contributed by atoms with Crippen molar-refractivity contribution >= 4 is 17.2 Å². The molecule has 0 aromatic carbocycles. The average Bonchev–Trinajstić information content (AvgIpc) is 3.18. The number of likely N-dealkylation sites (tertiary alicyclic amines) is 1. The van der Waals surface area contributed by atoms with E-state index in [0.29, 0.717) is 6.61 Å². The highest BCUT2D eigenvalue weighted by Crippen LogP contribution is 2.28. The zero-order valence-corrected chi connectivity index (χ0v) is 15.3. The number of methoxy groups -OCH3 is 1. The molecule has 2 aromatic rings. The molecule has 3 rings (SSSR count). The number of rotatable bonds is 5. The second-order valence-electron chi connectivity index (χ2n) is 6.21. The van der Waals surface area contributed by atoms with Gasteiger partial charge in [0.1, 0.15) is 10.7 Å². The molecular formula is C17H24N4O2S. The summed E-state index contributed by atoms with van der Waals surface area (Å²) in [5.74, 6) is 1.45. The van der Waals surface area contributed by atoms with E-state index in [9.17, 15) is 4.79 Å². The number of aromatic nitrogens is 3. The molecule has 0 N–H and O–H groups in total. The topological polar surface area (TPSA) is 60.2 Å². The normalized spacial score (nSPS) is 18.1. The van der Waals surface area contributed by atoms with E-state index in [0.717, 1.165) is 53.9 Å². The Morgan fingerprint density at radius 3 is 3.00 bits per heavy atom. The van der Waals surface area contributed by atoms with Gasteiger partial charge in [0.25, 0.3) is 5.91 Å². The van der Waals surface area contributed by atoms with Crippen LogP contribution < -0.4 is 0 Å². The molecule has 2 aromatic heterocycles. The third kappa shape index (κ3) is 3.52. The molecular weight excluding hydrogens is 324 g/mol. The van der Waals surface area contributed by atoms with Crippen molar-refractivity contribution in [1.29, 1.82) is 0 Å². The maximum absolute atomic E-state index is 12.9. The second-order valence-corrected chi connectivity index (χ2v) is 7.41. The lowest BCUT2D eigenvalue weighted by Gasteiger charge is -2.32. The first-order valence-corrected chi connectivity index (χ1v) is 9.15. The number of piperidine rings is 1. The van der Waals surface area contributed by atoms with Crippen LogP contribution in [0.1, 0.15) is 45.0 Å². The zero-order chi connectivity index (χ0) is 17.1. The maximum Gasteiger partial charge on any atom is 0.265 e. The van der Waals surface area contributed by atoms with Crippen molar-refractivity contribution in [1.82, 2.24) is 19.4 Å². The Morgan fingerprint density at radius 2 is 2.29 bits per heavy atom. The number of hydrogen-bond donors (Lipinski definition) is 0. The van der Waals surface area contributed by atoms with E-state index in [-0.39, 0.29) is 11.8 Å². The first-order valence-electron chi connectivity index (χ1n) is 8.33. The molecule has 0 aliphatic carbocycles. The van der Waals surface area contributed by atoms with Crippen LogP contribution in [0.4, 0.5) is 0 Å². The molecule has 1 saturated heterocycles. The molecule has 6 nitrogen and oxygen atoms in total. The fourth-order valence-electron chi connectivity index (χ4n) is 3.31. The molecule has 1 aliphatic rings. The fourth-order valence-corrected chi connectivity index (χ4v) is 4.19. The number of carbonyl (C=O) groups is 1. The summed E-state index contributed by atoms with van der Waals surface area (Å²) in [6, 6.07) is 0. The summed E-state index contributed by atoms with van der Waals surface area (Å²) in [5.41, 5.74) is 0.839. The molecule has 0 radical (unpaired) electrons. The van der Waals surface area contributed by atoms with E-state index < -0.39 is 0 Å². The van der Waals surface area contributed by atoms with Crippen LogP contribution in [0, 0.1) is 13.8 Å². The number of ether oxygens (including phenoxy) is 1. The summed E-state index contributed by atoms with van der Waals surface area (Å²) in [7, 11) is 1.71. The van der Waals surface area contributed by atoms with Crippen molar-refractivity contribution in [3.8, 4) is 0 Å². The molecule has 0 unspecified atom stereocenters. The Bertz CT molecular complexity index is 709. The highest BCUT2D eigenvalue weighted by molar-refractivity contribution is 7.13. The van der Waals surface area contributed by atoms with E-state index in [4.69, 9.17) is 4.74 Å². The number of carbonyl (C=O) groups excluding carboxylic acids is 1. The molecule has 1 amide bonds. The third-order valence-electron chi connectivity index (χ3n) is 4.46. The van der Waals surface area contributed by atoms with Crippen molar-refractivity contribution in [3.05, 3.63) is 33.8 Å². The minimum atomic E-state index is 0.109. The van der Waals surface area contributed by atoms with E-state index in [1.54, 1.807) is 7.11 Å². The first-order chi connectivity index (χ1) is 11.6. The third-order valence-corrected chi connectivity index (χ3v) is 5.52. The molecule has 7 heteroatoms. The number of amides is 1. The van der Waals surface area contributed by atoms with Gasteiger partial charge in [-0.25, -0.2) is 9.97 Å². The van der Waals surface area contributed by atoms with Crippen LogP contribution in [0.3, 0.4) is 0 Å². The number of aryl methyl sites for hydroxylation is 2. The van der Waals surface area contributed by atoms with Gasteiger partial charge in [0.05, 0.1) is 17.3 Å². The summed E-state index contributed by atoms with van der Waals surface area (Å²) in [4.78, 5) is 24.5. The van der Waals surface area contributed by atoms with Crippen LogP contribution in [0.15, 0.2) is 12.4 Å². The lowest BCUT2D eigenvalue weighted by atomic mass is 9.97. The molecule has 3 heterocycles. The second kappa shape index (κ2) is 7.44. The average molecular weight is 348 g/mol. The van der Waals surface area contributed by atoms with Gasteiger partial charge in [-0.2, -0.15) is 0 Å². The number of thiazole rings is 1. The summed E-state index contributed by atoms with van der Waals surface area (Å²) < 4.78 is 7.31. The Morgan fingerprint density at radius 1 is 1.46 bits per heavy atom. The van der Waals surface area contributed by atoms with Crippen LogP contribution in [0.5, 0.6) is 0 Å². The van der Waals surface area contributed by atoms with Gasteiger partial charge < -0.3 is 14.2 Å². The summed E-state index contributed by atoms with van der Waals surface area (Å²) in [6.07, 6.45) is 5.90. The Hall–Kier alpha value is -1.73. The summed E-state index contributed by atoms with van der Waals surface area (Å²) >= 11 is 1.49. The van der Waals surface area contributed by atoms with E-state index in [1.807, 2.05) is 31.1 Å². The molecule has 1 aliphatic heterocycles. The number of hydrogen-bond acceptors (Lipinski definition) is 5. The van der Waals surface area contributed by atoms with Crippen LogP contribution >= 0.6 is 11.3 Å². The smallest absolute Gasteiger partial charge is 0.265 e. The van der Waals surface area contributed by atoms with Gasteiger partial charge in [0.15, 0.2) is 0 Å². The highest BCUT2D eigenvalue weighted by Gasteiger charge is 2.29. The quantitative estimate of drug-likeness (QED) is 0.833. The predicted octanol–water partition coefficient (Wildman–Crippen LogP) is 2.62. The van der Waals surface area contributed by atoms with Gasteiger partial charge in [-0.05, 0) is 26.7 Å². The van der Waals surface area contributed by atoms with Gasteiger partial charge >= 0.3 is 0 Å². The minimum absolute atomic E-state index is 0.109. The molecule has 1 atom stereocenters. The standard InChI is InChI=1S/C17H24N4O2S/c1-12-15(24-13(2)19-12)17(22)21-7-4-5-14(11-21)16-18-6-8-20(16)9-10-23-3/h6,8,14H,4-5,7,9-11H2,1-3H3/t14-/m1/s1. The summed E-state index contributed by atoms with van der Waals surface area (Å²) in [5, 5.41) is 0.944. The van der Waals surface area contributed by atoms with Crippen LogP contribution in [0.25, 0.3) is 0 Å². The van der Waals surface area contributed by atoms with Gasteiger partial charge in [0, 0.05) is 45.1 Å². The van der Waals surface area contributed by atoms with Crippen molar-refractivity contribution in [2.75, 3.05) is 26.8 Å². The van der Waals surface area contributed by atoms with Crippen molar-refractivity contribution < 1.29 is 9.53 Å². The lowest BCUT2D eigenvalue weighted by molar-refractivity contribution is 0.0706. The van der Waals surface area contributed by atoms with Crippen molar-refractivity contribution in [2.45, 2.75) is 39.2 Å². The molecule has 24 heavy (non-hydrogen) atoms.